The summed E-state index contributed by atoms with van der Waals surface area (Å²) in [5, 5.41) is 11.5. The third-order valence-corrected chi connectivity index (χ3v) is 3.66. The number of rotatable bonds is 3. The van der Waals surface area contributed by atoms with Crippen LogP contribution < -0.4 is 10.2 Å². The van der Waals surface area contributed by atoms with Gasteiger partial charge in [-0.15, -0.1) is 5.10 Å². The zero-order valence-corrected chi connectivity index (χ0v) is 10.1. The molecule has 0 bridgehead atoms. The van der Waals surface area contributed by atoms with Crippen LogP contribution in [0.4, 0.5) is 11.8 Å². The van der Waals surface area contributed by atoms with Crippen molar-refractivity contribution in [2.75, 3.05) is 23.3 Å². The zero-order chi connectivity index (χ0) is 11.5. The van der Waals surface area contributed by atoms with Crippen molar-refractivity contribution in [1.82, 2.24) is 15.2 Å². The Morgan fingerprint density at radius 3 is 2.65 bits per heavy atom. The van der Waals surface area contributed by atoms with Crippen molar-refractivity contribution >= 4 is 11.8 Å². The Bertz CT molecular complexity index is 369. The van der Waals surface area contributed by atoms with Crippen molar-refractivity contribution in [3.05, 3.63) is 6.20 Å². The van der Waals surface area contributed by atoms with Crippen molar-refractivity contribution < 1.29 is 0 Å². The van der Waals surface area contributed by atoms with Crippen molar-refractivity contribution in [3.8, 4) is 0 Å². The molecule has 0 atom stereocenters. The van der Waals surface area contributed by atoms with Gasteiger partial charge in [-0.1, -0.05) is 12.8 Å². The van der Waals surface area contributed by atoms with Gasteiger partial charge < -0.3 is 10.2 Å². The molecule has 0 unspecified atom stereocenters. The van der Waals surface area contributed by atoms with E-state index in [4.69, 9.17) is 0 Å². The van der Waals surface area contributed by atoms with E-state index < -0.39 is 0 Å². The summed E-state index contributed by atoms with van der Waals surface area (Å²) in [6.07, 6.45) is 9.39. The topological polar surface area (TPSA) is 53.9 Å². The first kappa shape index (κ1) is 10.7. The Morgan fingerprint density at radius 2 is 1.88 bits per heavy atom. The molecule has 5 heteroatoms. The Labute approximate surface area is 102 Å². The third-order valence-electron chi connectivity index (χ3n) is 3.66. The minimum atomic E-state index is 0.547. The van der Waals surface area contributed by atoms with E-state index in [9.17, 15) is 0 Å². The maximum absolute atomic E-state index is 4.56. The third kappa shape index (κ3) is 2.48. The summed E-state index contributed by atoms with van der Waals surface area (Å²) in [5.41, 5.74) is 0. The van der Waals surface area contributed by atoms with Gasteiger partial charge in [0, 0.05) is 19.1 Å². The molecule has 0 amide bonds. The summed E-state index contributed by atoms with van der Waals surface area (Å²) in [4.78, 5) is 6.85. The predicted molar refractivity (Wildman–Crippen MR) is 67.2 cm³/mol. The SMILES string of the molecule is c1nnc(NC2CCCC2)nc1N1CCCC1. The summed E-state index contributed by atoms with van der Waals surface area (Å²) >= 11 is 0. The van der Waals surface area contributed by atoms with Crippen LogP contribution in [0.3, 0.4) is 0 Å². The average Bonchev–Trinajstić information content (AvgIpc) is 3.01. The highest BCUT2D eigenvalue weighted by Gasteiger charge is 2.18. The lowest BCUT2D eigenvalue weighted by atomic mass is 10.3. The van der Waals surface area contributed by atoms with Gasteiger partial charge in [0.25, 0.3) is 0 Å². The minimum absolute atomic E-state index is 0.547. The molecule has 1 aliphatic heterocycles. The second kappa shape index (κ2) is 4.85. The summed E-state index contributed by atoms with van der Waals surface area (Å²) in [6.45, 7) is 2.20. The van der Waals surface area contributed by atoms with E-state index in [-0.39, 0.29) is 0 Å². The number of hydrogen-bond acceptors (Lipinski definition) is 5. The van der Waals surface area contributed by atoms with Gasteiger partial charge in [-0.25, -0.2) is 0 Å². The minimum Gasteiger partial charge on any atom is -0.355 e. The lowest BCUT2D eigenvalue weighted by Gasteiger charge is -2.17. The molecule has 17 heavy (non-hydrogen) atoms. The summed E-state index contributed by atoms with van der Waals surface area (Å²) in [7, 11) is 0. The molecular weight excluding hydrogens is 214 g/mol. The largest absolute Gasteiger partial charge is 0.355 e. The van der Waals surface area contributed by atoms with Gasteiger partial charge in [0.15, 0.2) is 5.82 Å². The molecule has 2 fully saturated rings. The van der Waals surface area contributed by atoms with Crippen LogP contribution in [0, 0.1) is 0 Å². The molecule has 0 spiro atoms. The summed E-state index contributed by atoms with van der Waals surface area (Å²) in [5.74, 6) is 1.67. The number of nitrogens with zero attached hydrogens (tertiary/aromatic N) is 4. The number of aromatic nitrogens is 3. The van der Waals surface area contributed by atoms with Crippen molar-refractivity contribution in [2.45, 2.75) is 44.6 Å². The second-order valence-corrected chi connectivity index (χ2v) is 4.96. The fourth-order valence-electron chi connectivity index (χ4n) is 2.71. The lowest BCUT2D eigenvalue weighted by molar-refractivity contribution is 0.735. The van der Waals surface area contributed by atoms with Crippen LogP contribution in [-0.4, -0.2) is 34.3 Å². The highest BCUT2D eigenvalue weighted by atomic mass is 15.3. The average molecular weight is 233 g/mol. The highest BCUT2D eigenvalue weighted by Crippen LogP contribution is 2.22. The zero-order valence-electron chi connectivity index (χ0n) is 10.1. The van der Waals surface area contributed by atoms with E-state index in [1.54, 1.807) is 6.20 Å². The van der Waals surface area contributed by atoms with E-state index in [0.29, 0.717) is 12.0 Å². The molecule has 1 aromatic heterocycles. The van der Waals surface area contributed by atoms with Gasteiger partial charge in [-0.05, 0) is 25.7 Å². The van der Waals surface area contributed by atoms with Crippen molar-refractivity contribution in [1.29, 1.82) is 0 Å². The van der Waals surface area contributed by atoms with Crippen LogP contribution in [0.25, 0.3) is 0 Å². The molecule has 1 aliphatic carbocycles. The monoisotopic (exact) mass is 233 g/mol. The first-order chi connectivity index (χ1) is 8.42. The van der Waals surface area contributed by atoms with Gasteiger partial charge in [0.05, 0.1) is 6.20 Å². The maximum Gasteiger partial charge on any atom is 0.244 e. The summed E-state index contributed by atoms with van der Waals surface area (Å²) < 4.78 is 0. The first-order valence-electron chi connectivity index (χ1n) is 6.63. The second-order valence-electron chi connectivity index (χ2n) is 4.96. The smallest absolute Gasteiger partial charge is 0.244 e. The molecule has 1 N–H and O–H groups in total. The van der Waals surface area contributed by atoms with E-state index in [1.165, 1.54) is 38.5 Å². The van der Waals surface area contributed by atoms with Crippen LogP contribution in [0.5, 0.6) is 0 Å². The molecule has 92 valence electrons. The molecule has 2 aliphatic rings. The van der Waals surface area contributed by atoms with Crippen molar-refractivity contribution in [2.24, 2.45) is 0 Å². The lowest BCUT2D eigenvalue weighted by Crippen LogP contribution is -2.22. The predicted octanol–water partition coefficient (Wildman–Crippen LogP) is 1.83. The van der Waals surface area contributed by atoms with E-state index in [0.717, 1.165) is 18.9 Å². The molecule has 0 aromatic carbocycles. The van der Waals surface area contributed by atoms with Crippen LogP contribution in [0.1, 0.15) is 38.5 Å². The van der Waals surface area contributed by atoms with Gasteiger partial charge in [-0.3, -0.25) is 0 Å². The maximum atomic E-state index is 4.56. The number of nitrogens with one attached hydrogen (secondary N) is 1. The van der Waals surface area contributed by atoms with Gasteiger partial charge in [-0.2, -0.15) is 10.1 Å². The molecule has 5 nitrogen and oxygen atoms in total. The molecule has 2 heterocycles. The van der Waals surface area contributed by atoms with Crippen LogP contribution in [0.2, 0.25) is 0 Å². The highest BCUT2D eigenvalue weighted by molar-refractivity contribution is 5.41. The normalized spacial score (nSPS) is 21.1. The van der Waals surface area contributed by atoms with Crippen LogP contribution in [-0.2, 0) is 0 Å². The molecule has 0 radical (unpaired) electrons. The Morgan fingerprint density at radius 1 is 1.12 bits per heavy atom. The van der Waals surface area contributed by atoms with E-state index in [2.05, 4.69) is 25.4 Å². The molecule has 3 rings (SSSR count). The molecule has 1 saturated carbocycles. The van der Waals surface area contributed by atoms with E-state index in [1.807, 2.05) is 0 Å². The van der Waals surface area contributed by atoms with Gasteiger partial charge in [0.2, 0.25) is 5.95 Å². The number of anilines is 2. The van der Waals surface area contributed by atoms with Crippen LogP contribution in [0.15, 0.2) is 6.20 Å². The molecule has 1 aromatic rings. The van der Waals surface area contributed by atoms with E-state index >= 15 is 0 Å². The standard InChI is InChI=1S/C12H19N5/c1-2-6-10(5-1)14-12-15-11(9-13-16-12)17-7-3-4-8-17/h9-10H,1-8H2,(H,14,15,16). The van der Waals surface area contributed by atoms with Gasteiger partial charge in [0.1, 0.15) is 0 Å². The molecular formula is C12H19N5. The fourth-order valence-corrected chi connectivity index (χ4v) is 2.71. The quantitative estimate of drug-likeness (QED) is 0.863. The Balaban J connectivity index is 1.69. The fraction of sp³-hybridized carbons (Fsp3) is 0.750. The first-order valence-corrected chi connectivity index (χ1v) is 6.63. The summed E-state index contributed by atoms with van der Waals surface area (Å²) in [6, 6.07) is 0.547. The Hall–Kier alpha value is -1.39. The molecule has 1 saturated heterocycles. The Kier molecular flexibility index (Phi) is 3.07. The van der Waals surface area contributed by atoms with Gasteiger partial charge >= 0.3 is 0 Å². The number of hydrogen-bond donors (Lipinski definition) is 1. The van der Waals surface area contributed by atoms with Crippen LogP contribution >= 0.6 is 0 Å². The van der Waals surface area contributed by atoms with Crippen molar-refractivity contribution in [3.63, 3.8) is 0 Å².